The maximum Gasteiger partial charge on any atom is 0.313 e. The van der Waals surface area contributed by atoms with Gasteiger partial charge in [-0.3, -0.25) is 19.2 Å². The SMILES string of the molecule is C=CCCC(=O)N[C@@H](COC)[C@@H](OC(=O)[C@@H]1[C@@H]2CC[C@]3(O2)[C@H](C(=O)N(CC=C)C2CCCCC2)N([C@@H](CO)CC(C)C)C(=O)[C@@H]13)c1ccccc1. The van der Waals surface area contributed by atoms with Gasteiger partial charge in [0.05, 0.1) is 43.2 Å². The number of methoxy groups -OCH3 is 1. The molecule has 4 fully saturated rings. The van der Waals surface area contributed by atoms with Crippen molar-refractivity contribution in [2.75, 3.05) is 26.9 Å². The number of rotatable bonds is 18. The van der Waals surface area contributed by atoms with Crippen LogP contribution in [-0.2, 0) is 33.4 Å². The summed E-state index contributed by atoms with van der Waals surface area (Å²) in [6, 6.07) is 6.83. The van der Waals surface area contributed by atoms with Crippen LogP contribution in [0.15, 0.2) is 55.6 Å². The highest BCUT2D eigenvalue weighted by Crippen LogP contribution is 2.59. The molecule has 11 nitrogen and oxygen atoms in total. The number of amides is 3. The number of aliphatic hydroxyl groups excluding tert-OH is 1. The van der Waals surface area contributed by atoms with E-state index in [2.05, 4.69) is 18.5 Å². The van der Waals surface area contributed by atoms with Crippen LogP contribution in [0.4, 0.5) is 0 Å². The smallest absolute Gasteiger partial charge is 0.313 e. The summed E-state index contributed by atoms with van der Waals surface area (Å²) in [5, 5.41) is 13.7. The first kappa shape index (κ1) is 38.7. The molecule has 280 valence electrons. The molecule has 1 aliphatic carbocycles. The van der Waals surface area contributed by atoms with Crippen LogP contribution in [0, 0.1) is 17.8 Å². The van der Waals surface area contributed by atoms with Crippen molar-refractivity contribution in [3.05, 3.63) is 61.2 Å². The Kier molecular flexibility index (Phi) is 13.1. The zero-order chi connectivity index (χ0) is 36.7. The van der Waals surface area contributed by atoms with Gasteiger partial charge in [-0.1, -0.05) is 75.6 Å². The molecule has 2 N–H and O–H groups in total. The first-order chi connectivity index (χ1) is 24.6. The molecule has 1 spiro atoms. The van der Waals surface area contributed by atoms with E-state index in [1.807, 2.05) is 49.1 Å². The molecule has 0 radical (unpaired) electrons. The van der Waals surface area contributed by atoms with E-state index in [1.54, 1.807) is 17.1 Å². The number of ether oxygens (including phenoxy) is 3. The van der Waals surface area contributed by atoms with Crippen molar-refractivity contribution in [2.45, 2.75) is 120 Å². The lowest BCUT2D eigenvalue weighted by molar-refractivity contribution is -0.163. The quantitative estimate of drug-likeness (QED) is 0.168. The van der Waals surface area contributed by atoms with E-state index in [4.69, 9.17) is 14.2 Å². The summed E-state index contributed by atoms with van der Waals surface area (Å²) in [6.45, 7) is 11.8. The summed E-state index contributed by atoms with van der Waals surface area (Å²) in [7, 11) is 1.51. The molecule has 5 rings (SSSR count). The van der Waals surface area contributed by atoms with Crippen molar-refractivity contribution in [1.29, 1.82) is 0 Å². The van der Waals surface area contributed by atoms with E-state index in [-0.39, 0.29) is 49.3 Å². The average Bonchev–Trinajstić information content (AvgIpc) is 3.78. The van der Waals surface area contributed by atoms with Crippen LogP contribution in [0.2, 0.25) is 0 Å². The second-order valence-corrected chi connectivity index (χ2v) is 15.1. The van der Waals surface area contributed by atoms with Gasteiger partial charge in [-0.05, 0) is 50.0 Å². The third-order valence-corrected chi connectivity index (χ3v) is 11.2. The Labute approximate surface area is 302 Å². The molecule has 1 saturated carbocycles. The largest absolute Gasteiger partial charge is 0.455 e. The van der Waals surface area contributed by atoms with Crippen molar-refractivity contribution in [1.82, 2.24) is 15.1 Å². The minimum Gasteiger partial charge on any atom is -0.455 e. The Bertz CT molecular complexity index is 1400. The maximum atomic E-state index is 14.9. The minimum absolute atomic E-state index is 0.0136. The van der Waals surface area contributed by atoms with Gasteiger partial charge < -0.3 is 34.4 Å². The van der Waals surface area contributed by atoms with Crippen molar-refractivity contribution in [3.8, 4) is 0 Å². The molecule has 3 saturated heterocycles. The van der Waals surface area contributed by atoms with Crippen molar-refractivity contribution >= 4 is 23.7 Å². The number of nitrogens with one attached hydrogen (secondary N) is 1. The molecule has 8 atom stereocenters. The highest BCUT2D eigenvalue weighted by atomic mass is 16.6. The van der Waals surface area contributed by atoms with Gasteiger partial charge in [0.2, 0.25) is 17.7 Å². The topological polar surface area (TPSA) is 135 Å². The van der Waals surface area contributed by atoms with Gasteiger partial charge in [-0.2, -0.15) is 0 Å². The van der Waals surface area contributed by atoms with Gasteiger partial charge in [0.15, 0.2) is 0 Å². The number of carbonyl (C=O) groups is 4. The van der Waals surface area contributed by atoms with Crippen LogP contribution >= 0.6 is 0 Å². The molecule has 51 heavy (non-hydrogen) atoms. The first-order valence-corrected chi connectivity index (χ1v) is 18.8. The number of fused-ring (bicyclic) bond motifs is 1. The standard InChI is InChI=1S/C40H57N3O8/c1-6-8-19-32(45)41-30(25-49-5)35(27-15-11-9-12-16-27)50-39(48)33-31-20-21-40(51-31)34(33)37(46)43(29(24-44)23-26(3)4)36(40)38(47)42(22-7-2)28-17-13-10-14-18-28/h6-7,9,11-12,15-16,26,28-31,33-36,44H,1-2,8,10,13-14,17-25H2,3-5H3,(H,41,45)/t29-,30+,31+,33-,34-,35+,36+,40-/m1/s1. The van der Waals surface area contributed by atoms with Crippen LogP contribution in [0.1, 0.15) is 89.7 Å². The first-order valence-electron chi connectivity index (χ1n) is 18.8. The van der Waals surface area contributed by atoms with E-state index in [0.29, 0.717) is 37.8 Å². The lowest BCUT2D eigenvalue weighted by Gasteiger charge is -2.42. The van der Waals surface area contributed by atoms with Crippen LogP contribution in [-0.4, -0.2) is 101 Å². The lowest BCUT2D eigenvalue weighted by Crippen LogP contribution is -2.60. The Morgan fingerprint density at radius 3 is 2.47 bits per heavy atom. The fourth-order valence-electron chi connectivity index (χ4n) is 9.08. The minimum atomic E-state index is -1.24. The zero-order valence-corrected chi connectivity index (χ0v) is 30.5. The Hall–Kier alpha value is -3.54. The molecular weight excluding hydrogens is 650 g/mol. The van der Waals surface area contributed by atoms with Crippen LogP contribution < -0.4 is 5.32 Å². The third-order valence-electron chi connectivity index (χ3n) is 11.2. The molecule has 1 aromatic rings. The monoisotopic (exact) mass is 707 g/mol. The van der Waals surface area contributed by atoms with Gasteiger partial charge >= 0.3 is 5.97 Å². The van der Waals surface area contributed by atoms with Gasteiger partial charge in [0, 0.05) is 26.1 Å². The van der Waals surface area contributed by atoms with E-state index in [1.165, 1.54) is 7.11 Å². The normalized spacial score (nSPS) is 27.5. The second-order valence-electron chi connectivity index (χ2n) is 15.1. The predicted octanol–water partition coefficient (Wildman–Crippen LogP) is 4.50. The fourth-order valence-corrected chi connectivity index (χ4v) is 9.08. The number of carbonyl (C=O) groups excluding carboxylic acids is 4. The predicted molar refractivity (Wildman–Crippen MR) is 192 cm³/mol. The molecule has 0 unspecified atom stereocenters. The Balaban J connectivity index is 1.51. The maximum absolute atomic E-state index is 14.9. The van der Waals surface area contributed by atoms with Gasteiger partial charge in [0.25, 0.3) is 0 Å². The van der Waals surface area contributed by atoms with Gasteiger partial charge in [-0.15, -0.1) is 13.2 Å². The zero-order valence-electron chi connectivity index (χ0n) is 30.5. The highest BCUT2D eigenvalue weighted by molar-refractivity contribution is 5.98. The molecule has 4 aliphatic rings. The molecule has 3 amide bonds. The van der Waals surface area contributed by atoms with Crippen LogP contribution in [0.3, 0.4) is 0 Å². The number of likely N-dealkylation sites (tertiary alicyclic amines) is 1. The molecule has 3 aliphatic heterocycles. The number of esters is 1. The van der Waals surface area contributed by atoms with Crippen molar-refractivity contribution in [2.24, 2.45) is 17.8 Å². The molecule has 1 aromatic carbocycles. The van der Waals surface area contributed by atoms with E-state index in [0.717, 1.165) is 32.1 Å². The fraction of sp³-hybridized carbons (Fsp3) is 0.650. The number of benzene rings is 1. The summed E-state index contributed by atoms with van der Waals surface area (Å²) in [4.78, 5) is 60.6. The number of hydrogen-bond acceptors (Lipinski definition) is 8. The Morgan fingerprint density at radius 2 is 1.84 bits per heavy atom. The summed E-state index contributed by atoms with van der Waals surface area (Å²) < 4.78 is 18.6. The average molecular weight is 708 g/mol. The summed E-state index contributed by atoms with van der Waals surface area (Å²) in [5.74, 6) is -3.23. The van der Waals surface area contributed by atoms with Crippen LogP contribution in [0.25, 0.3) is 0 Å². The van der Waals surface area contributed by atoms with Gasteiger partial charge in [0.1, 0.15) is 17.7 Å². The number of nitrogens with zero attached hydrogens (tertiary/aromatic N) is 2. The molecule has 11 heteroatoms. The molecular formula is C40H57N3O8. The molecule has 2 bridgehead atoms. The summed E-state index contributed by atoms with van der Waals surface area (Å²) in [6.07, 6.45) is 8.86. The number of hydrogen-bond donors (Lipinski definition) is 2. The van der Waals surface area contributed by atoms with Crippen molar-refractivity contribution in [3.63, 3.8) is 0 Å². The van der Waals surface area contributed by atoms with Gasteiger partial charge in [-0.25, -0.2) is 0 Å². The van der Waals surface area contributed by atoms with E-state index in [9.17, 15) is 24.3 Å². The summed E-state index contributed by atoms with van der Waals surface area (Å²) in [5.41, 5.74) is -0.582. The summed E-state index contributed by atoms with van der Waals surface area (Å²) >= 11 is 0. The molecule has 0 aromatic heterocycles. The molecule has 3 heterocycles. The van der Waals surface area contributed by atoms with E-state index < -0.39 is 53.7 Å². The lowest BCUT2D eigenvalue weighted by atomic mass is 9.70. The van der Waals surface area contributed by atoms with Crippen molar-refractivity contribution < 1.29 is 38.5 Å². The number of allylic oxidation sites excluding steroid dienone is 1. The highest BCUT2D eigenvalue weighted by Gasteiger charge is 2.76. The third kappa shape index (κ3) is 7.95. The van der Waals surface area contributed by atoms with Crippen LogP contribution in [0.5, 0.6) is 0 Å². The Morgan fingerprint density at radius 1 is 1.12 bits per heavy atom. The second kappa shape index (κ2) is 17.3. The number of aliphatic hydroxyl groups is 1. The van der Waals surface area contributed by atoms with E-state index >= 15 is 0 Å².